The minimum Gasteiger partial charge on any atom is -0.494 e. The van der Waals surface area contributed by atoms with Crippen molar-refractivity contribution < 1.29 is 9.13 Å². The molecule has 0 saturated heterocycles. The van der Waals surface area contributed by atoms with E-state index in [0.29, 0.717) is 18.2 Å². The first-order valence-electron chi connectivity index (χ1n) is 5.90. The van der Waals surface area contributed by atoms with Crippen LogP contribution in [0.25, 0.3) is 5.69 Å². The van der Waals surface area contributed by atoms with Crippen molar-refractivity contribution in [3.63, 3.8) is 0 Å². The smallest absolute Gasteiger partial charge is 0.208 e. The van der Waals surface area contributed by atoms with Gasteiger partial charge in [-0.25, -0.2) is 9.37 Å². The molecule has 100 valence electrons. The van der Waals surface area contributed by atoms with Crippen LogP contribution < -0.4 is 10.1 Å². The molecule has 5 heteroatoms. The standard InChI is InChI=1S/C14H16FN3O/c1-4-7-16-14-17-10(2)9-18(14)12-6-5-11(15)8-13(12)19-3/h4-6,8-9H,1,7H2,2-3H3,(H,16,17). The quantitative estimate of drug-likeness (QED) is 0.841. The van der Waals surface area contributed by atoms with Crippen molar-refractivity contribution in [2.75, 3.05) is 19.0 Å². The Morgan fingerprint density at radius 2 is 2.32 bits per heavy atom. The van der Waals surface area contributed by atoms with Crippen molar-refractivity contribution in [3.05, 3.63) is 48.6 Å². The van der Waals surface area contributed by atoms with Crippen LogP contribution >= 0.6 is 0 Å². The molecule has 0 spiro atoms. The third-order valence-corrected chi connectivity index (χ3v) is 2.63. The van der Waals surface area contributed by atoms with Crippen LogP contribution in [-0.2, 0) is 0 Å². The molecule has 0 amide bonds. The maximum absolute atomic E-state index is 13.2. The minimum absolute atomic E-state index is 0.335. The Labute approximate surface area is 111 Å². The number of benzene rings is 1. The molecular formula is C14H16FN3O. The maximum Gasteiger partial charge on any atom is 0.208 e. The number of anilines is 1. The van der Waals surface area contributed by atoms with E-state index in [9.17, 15) is 4.39 Å². The first kappa shape index (κ1) is 13.1. The highest BCUT2D eigenvalue weighted by Gasteiger charge is 2.12. The van der Waals surface area contributed by atoms with E-state index < -0.39 is 0 Å². The van der Waals surface area contributed by atoms with Gasteiger partial charge >= 0.3 is 0 Å². The predicted molar refractivity (Wildman–Crippen MR) is 73.5 cm³/mol. The molecule has 1 aromatic heterocycles. The molecule has 1 N–H and O–H groups in total. The number of aromatic nitrogens is 2. The van der Waals surface area contributed by atoms with Crippen LogP contribution in [-0.4, -0.2) is 23.2 Å². The highest BCUT2D eigenvalue weighted by molar-refractivity contribution is 5.52. The Morgan fingerprint density at radius 1 is 1.53 bits per heavy atom. The van der Waals surface area contributed by atoms with Gasteiger partial charge in [0, 0.05) is 18.8 Å². The van der Waals surface area contributed by atoms with Crippen molar-refractivity contribution in [2.45, 2.75) is 6.92 Å². The van der Waals surface area contributed by atoms with E-state index in [1.807, 2.05) is 17.7 Å². The lowest BCUT2D eigenvalue weighted by Crippen LogP contribution is -2.06. The molecule has 1 aromatic carbocycles. The Hall–Kier alpha value is -2.30. The summed E-state index contributed by atoms with van der Waals surface area (Å²) >= 11 is 0. The van der Waals surface area contributed by atoms with Gasteiger partial charge in [0.1, 0.15) is 11.6 Å². The molecule has 0 aliphatic heterocycles. The van der Waals surface area contributed by atoms with Gasteiger partial charge in [-0.15, -0.1) is 6.58 Å². The van der Waals surface area contributed by atoms with E-state index in [4.69, 9.17) is 4.74 Å². The van der Waals surface area contributed by atoms with Gasteiger partial charge in [-0.05, 0) is 19.1 Å². The number of nitrogens with one attached hydrogen (secondary N) is 1. The SMILES string of the molecule is C=CCNc1nc(C)cn1-c1ccc(F)cc1OC. The molecule has 4 nitrogen and oxygen atoms in total. The number of imidazole rings is 1. The molecule has 0 bridgehead atoms. The average molecular weight is 261 g/mol. The molecule has 19 heavy (non-hydrogen) atoms. The first-order chi connectivity index (χ1) is 9.15. The van der Waals surface area contributed by atoms with Gasteiger partial charge < -0.3 is 10.1 Å². The number of methoxy groups -OCH3 is 1. The molecule has 0 saturated carbocycles. The number of aryl methyl sites for hydroxylation is 1. The second-order valence-corrected chi connectivity index (χ2v) is 4.06. The Morgan fingerprint density at radius 3 is 3.00 bits per heavy atom. The fourth-order valence-electron chi connectivity index (χ4n) is 1.82. The molecule has 0 fully saturated rings. The molecule has 0 atom stereocenters. The number of hydrogen-bond acceptors (Lipinski definition) is 3. The summed E-state index contributed by atoms with van der Waals surface area (Å²) in [5, 5.41) is 3.13. The van der Waals surface area contributed by atoms with Gasteiger partial charge in [0.25, 0.3) is 0 Å². The van der Waals surface area contributed by atoms with E-state index in [1.165, 1.54) is 19.2 Å². The molecule has 0 radical (unpaired) electrons. The fourth-order valence-corrected chi connectivity index (χ4v) is 1.82. The normalized spacial score (nSPS) is 10.3. The average Bonchev–Trinajstić information content (AvgIpc) is 2.77. The van der Waals surface area contributed by atoms with Crippen LogP contribution in [0.4, 0.5) is 10.3 Å². The lowest BCUT2D eigenvalue weighted by molar-refractivity contribution is 0.409. The topological polar surface area (TPSA) is 39.1 Å². The van der Waals surface area contributed by atoms with Gasteiger partial charge in [-0.1, -0.05) is 6.08 Å². The van der Waals surface area contributed by atoms with Crippen LogP contribution in [0.2, 0.25) is 0 Å². The summed E-state index contributed by atoms with van der Waals surface area (Å²) in [7, 11) is 1.51. The second-order valence-electron chi connectivity index (χ2n) is 4.06. The maximum atomic E-state index is 13.2. The fraction of sp³-hybridized carbons (Fsp3) is 0.214. The Balaban J connectivity index is 2.48. The summed E-state index contributed by atoms with van der Waals surface area (Å²) in [4.78, 5) is 4.38. The second kappa shape index (κ2) is 5.56. The van der Waals surface area contributed by atoms with Crippen LogP contribution in [0, 0.1) is 12.7 Å². The Bertz CT molecular complexity index is 592. The van der Waals surface area contributed by atoms with Gasteiger partial charge in [0.05, 0.1) is 18.5 Å². The summed E-state index contributed by atoms with van der Waals surface area (Å²) < 4.78 is 20.3. The lowest BCUT2D eigenvalue weighted by Gasteiger charge is -2.12. The lowest BCUT2D eigenvalue weighted by atomic mass is 10.3. The molecule has 0 aliphatic carbocycles. The van der Waals surface area contributed by atoms with E-state index in [1.54, 1.807) is 12.1 Å². The first-order valence-corrected chi connectivity index (χ1v) is 5.90. The largest absolute Gasteiger partial charge is 0.494 e. The van der Waals surface area contributed by atoms with Crippen LogP contribution in [0.15, 0.2) is 37.1 Å². The highest BCUT2D eigenvalue weighted by atomic mass is 19.1. The Kier molecular flexibility index (Phi) is 3.85. The molecule has 2 aromatic rings. The highest BCUT2D eigenvalue weighted by Crippen LogP contribution is 2.27. The van der Waals surface area contributed by atoms with E-state index in [2.05, 4.69) is 16.9 Å². The van der Waals surface area contributed by atoms with Gasteiger partial charge in [-0.3, -0.25) is 4.57 Å². The summed E-state index contributed by atoms with van der Waals surface area (Å²) in [6, 6.07) is 4.40. The summed E-state index contributed by atoms with van der Waals surface area (Å²) in [5.74, 6) is 0.791. The minimum atomic E-state index is -0.335. The van der Waals surface area contributed by atoms with Gasteiger partial charge in [0.15, 0.2) is 0 Å². The monoisotopic (exact) mass is 261 g/mol. The summed E-state index contributed by atoms with van der Waals surface area (Å²) in [5.41, 5.74) is 1.59. The predicted octanol–water partition coefficient (Wildman–Crippen LogP) is 2.93. The summed E-state index contributed by atoms with van der Waals surface area (Å²) in [6.45, 7) is 6.15. The number of ether oxygens (including phenoxy) is 1. The summed E-state index contributed by atoms with van der Waals surface area (Å²) in [6.07, 6.45) is 3.61. The van der Waals surface area contributed by atoms with Crippen LogP contribution in [0.1, 0.15) is 5.69 Å². The van der Waals surface area contributed by atoms with Crippen molar-refractivity contribution in [1.82, 2.24) is 9.55 Å². The molecular weight excluding hydrogens is 245 g/mol. The van der Waals surface area contributed by atoms with Crippen LogP contribution in [0.3, 0.4) is 0 Å². The van der Waals surface area contributed by atoms with Gasteiger partial charge in [-0.2, -0.15) is 0 Å². The third-order valence-electron chi connectivity index (χ3n) is 2.63. The van der Waals surface area contributed by atoms with Crippen molar-refractivity contribution in [3.8, 4) is 11.4 Å². The number of nitrogens with zero attached hydrogens (tertiary/aromatic N) is 2. The number of rotatable bonds is 5. The van der Waals surface area contributed by atoms with Crippen LogP contribution in [0.5, 0.6) is 5.75 Å². The zero-order valence-corrected chi connectivity index (χ0v) is 11.0. The molecule has 2 rings (SSSR count). The molecule has 0 aliphatic rings. The zero-order chi connectivity index (χ0) is 13.8. The molecule has 0 unspecified atom stereocenters. The van der Waals surface area contributed by atoms with E-state index >= 15 is 0 Å². The third kappa shape index (κ3) is 2.76. The molecule has 1 heterocycles. The van der Waals surface area contributed by atoms with Gasteiger partial charge in [0.2, 0.25) is 5.95 Å². The number of hydrogen-bond donors (Lipinski definition) is 1. The van der Waals surface area contributed by atoms with E-state index in [0.717, 1.165) is 11.4 Å². The zero-order valence-electron chi connectivity index (χ0n) is 11.0. The van der Waals surface area contributed by atoms with E-state index in [-0.39, 0.29) is 5.82 Å². The number of halogens is 1. The van der Waals surface area contributed by atoms with Crippen molar-refractivity contribution in [1.29, 1.82) is 0 Å². The van der Waals surface area contributed by atoms with Crippen molar-refractivity contribution >= 4 is 5.95 Å². The van der Waals surface area contributed by atoms with Crippen molar-refractivity contribution in [2.24, 2.45) is 0 Å².